The van der Waals surface area contributed by atoms with Gasteiger partial charge in [0.2, 0.25) is 5.76 Å². The van der Waals surface area contributed by atoms with E-state index in [1.54, 1.807) is 30.3 Å². The molecule has 1 N–H and O–H groups in total. The first-order valence-electron chi connectivity index (χ1n) is 6.80. The summed E-state index contributed by atoms with van der Waals surface area (Å²) in [6.45, 7) is 2.66. The Kier molecular flexibility index (Phi) is 5.11. The van der Waals surface area contributed by atoms with E-state index in [4.69, 9.17) is 4.42 Å². The fraction of sp³-hybridized carbons (Fsp3) is 0.312. The summed E-state index contributed by atoms with van der Waals surface area (Å²) in [5.74, 6) is -0.0491. The van der Waals surface area contributed by atoms with E-state index >= 15 is 0 Å². The number of furan rings is 1. The number of carbonyl (C=O) groups excluding carboxylic acids is 1. The number of methoxy groups -OCH3 is 1. The summed E-state index contributed by atoms with van der Waals surface area (Å²) in [4.78, 5) is 11.4. The number of hydrogen-bond acceptors (Lipinski definition) is 4. The van der Waals surface area contributed by atoms with Crippen molar-refractivity contribution in [3.8, 4) is 0 Å². The molecule has 0 saturated heterocycles. The van der Waals surface area contributed by atoms with Gasteiger partial charge in [-0.2, -0.15) is 0 Å². The van der Waals surface area contributed by atoms with E-state index in [2.05, 4.69) is 10.1 Å². The molecule has 112 valence electrons. The fourth-order valence-corrected chi connectivity index (χ4v) is 2.15. The average molecular weight is 291 g/mol. The van der Waals surface area contributed by atoms with Crippen molar-refractivity contribution in [2.45, 2.75) is 19.4 Å². The Morgan fingerprint density at radius 3 is 2.76 bits per heavy atom. The highest BCUT2D eigenvalue weighted by Crippen LogP contribution is 2.22. The monoisotopic (exact) mass is 291 g/mol. The average Bonchev–Trinajstić information content (AvgIpc) is 2.98. The quantitative estimate of drug-likeness (QED) is 0.831. The van der Waals surface area contributed by atoms with Crippen LogP contribution >= 0.6 is 0 Å². The standard InChI is InChI=1S/C16H18FNO3/c1-3-18-13(10-11-6-4-5-7-12(11)17)14-8-9-15(21-14)16(19)20-2/h4-9,13,18H,3,10H2,1-2H3. The van der Waals surface area contributed by atoms with Crippen LogP contribution in [0.25, 0.3) is 0 Å². The molecule has 0 aliphatic heterocycles. The molecule has 2 aromatic rings. The van der Waals surface area contributed by atoms with Gasteiger partial charge in [0.15, 0.2) is 0 Å². The fourth-order valence-electron chi connectivity index (χ4n) is 2.15. The van der Waals surface area contributed by atoms with Crippen molar-refractivity contribution in [2.24, 2.45) is 0 Å². The van der Waals surface area contributed by atoms with Crippen LogP contribution in [0.4, 0.5) is 4.39 Å². The topological polar surface area (TPSA) is 51.5 Å². The molecule has 5 heteroatoms. The number of halogens is 1. The van der Waals surface area contributed by atoms with E-state index < -0.39 is 5.97 Å². The van der Waals surface area contributed by atoms with Crippen LogP contribution in [-0.4, -0.2) is 19.6 Å². The first kappa shape index (κ1) is 15.3. The van der Waals surface area contributed by atoms with Crippen LogP contribution in [0.5, 0.6) is 0 Å². The number of hydrogen-bond donors (Lipinski definition) is 1. The minimum atomic E-state index is -0.526. The Labute approximate surface area is 122 Å². The Morgan fingerprint density at radius 1 is 1.33 bits per heavy atom. The van der Waals surface area contributed by atoms with Crippen molar-refractivity contribution >= 4 is 5.97 Å². The Hall–Kier alpha value is -2.14. The van der Waals surface area contributed by atoms with Gasteiger partial charge >= 0.3 is 5.97 Å². The van der Waals surface area contributed by atoms with Crippen LogP contribution in [0, 0.1) is 5.82 Å². The minimum absolute atomic E-state index is 0.143. The lowest BCUT2D eigenvalue weighted by Gasteiger charge is -2.16. The van der Waals surface area contributed by atoms with Gasteiger partial charge in [0.05, 0.1) is 13.2 Å². The Bertz CT molecular complexity index is 609. The van der Waals surface area contributed by atoms with Crippen molar-refractivity contribution in [3.05, 3.63) is 59.3 Å². The third-order valence-corrected chi connectivity index (χ3v) is 3.19. The third-order valence-electron chi connectivity index (χ3n) is 3.19. The lowest BCUT2D eigenvalue weighted by Crippen LogP contribution is -2.23. The zero-order valence-electron chi connectivity index (χ0n) is 12.1. The molecule has 1 aromatic heterocycles. The number of benzene rings is 1. The maximum atomic E-state index is 13.8. The molecule has 4 nitrogen and oxygen atoms in total. The molecule has 2 rings (SSSR count). The smallest absolute Gasteiger partial charge is 0.373 e. The summed E-state index contributed by atoms with van der Waals surface area (Å²) >= 11 is 0. The van der Waals surface area contributed by atoms with Gasteiger partial charge in [0.25, 0.3) is 0 Å². The first-order chi connectivity index (χ1) is 10.2. The zero-order chi connectivity index (χ0) is 15.2. The van der Waals surface area contributed by atoms with Crippen LogP contribution in [0.1, 0.15) is 34.8 Å². The van der Waals surface area contributed by atoms with E-state index in [1.165, 1.54) is 13.2 Å². The normalized spacial score (nSPS) is 12.1. The number of ether oxygens (including phenoxy) is 1. The van der Waals surface area contributed by atoms with E-state index in [0.717, 1.165) is 0 Å². The largest absolute Gasteiger partial charge is 0.463 e. The molecule has 0 spiro atoms. The van der Waals surface area contributed by atoms with E-state index in [9.17, 15) is 9.18 Å². The van der Waals surface area contributed by atoms with Gasteiger partial charge in [-0.05, 0) is 36.7 Å². The molecule has 21 heavy (non-hydrogen) atoms. The molecule has 0 aliphatic carbocycles. The number of carbonyl (C=O) groups is 1. The molecule has 0 bridgehead atoms. The van der Waals surface area contributed by atoms with Gasteiger partial charge in [-0.25, -0.2) is 9.18 Å². The maximum absolute atomic E-state index is 13.8. The second kappa shape index (κ2) is 7.04. The maximum Gasteiger partial charge on any atom is 0.373 e. The van der Waals surface area contributed by atoms with Gasteiger partial charge < -0.3 is 14.5 Å². The predicted octanol–water partition coefficient (Wildman–Crippen LogP) is 3.10. The molecule has 1 unspecified atom stereocenters. The van der Waals surface area contributed by atoms with Crippen molar-refractivity contribution in [3.63, 3.8) is 0 Å². The van der Waals surface area contributed by atoms with E-state index in [0.29, 0.717) is 24.3 Å². The van der Waals surface area contributed by atoms with Gasteiger partial charge in [-0.15, -0.1) is 0 Å². The lowest BCUT2D eigenvalue weighted by molar-refractivity contribution is 0.0562. The molecule has 1 aromatic carbocycles. The SMILES string of the molecule is CCNC(Cc1ccccc1F)c1ccc(C(=O)OC)o1. The first-order valence-corrected chi connectivity index (χ1v) is 6.80. The molecular weight excluding hydrogens is 273 g/mol. The van der Waals surface area contributed by atoms with Crippen LogP contribution in [0.3, 0.4) is 0 Å². The van der Waals surface area contributed by atoms with Gasteiger partial charge in [-0.3, -0.25) is 0 Å². The highest BCUT2D eigenvalue weighted by Gasteiger charge is 2.19. The highest BCUT2D eigenvalue weighted by molar-refractivity contribution is 5.86. The second-order valence-electron chi connectivity index (χ2n) is 4.60. The van der Waals surface area contributed by atoms with Gasteiger partial charge in [-0.1, -0.05) is 25.1 Å². The van der Waals surface area contributed by atoms with Gasteiger partial charge in [0, 0.05) is 0 Å². The summed E-state index contributed by atoms with van der Waals surface area (Å²) in [6, 6.07) is 9.69. The highest BCUT2D eigenvalue weighted by atomic mass is 19.1. The Balaban J connectivity index is 2.21. The van der Waals surface area contributed by atoms with Crippen LogP contribution < -0.4 is 5.32 Å². The summed E-state index contributed by atoms with van der Waals surface area (Å²) in [6.07, 6.45) is 0.439. The van der Waals surface area contributed by atoms with E-state index in [-0.39, 0.29) is 17.6 Å². The van der Waals surface area contributed by atoms with E-state index in [1.807, 2.05) is 6.92 Å². The molecule has 0 aliphatic rings. The van der Waals surface area contributed by atoms with Crippen molar-refractivity contribution < 1.29 is 18.3 Å². The zero-order valence-corrected chi connectivity index (χ0v) is 12.1. The molecule has 0 saturated carbocycles. The summed E-state index contributed by atoms with van der Waals surface area (Å²) in [7, 11) is 1.30. The summed E-state index contributed by atoms with van der Waals surface area (Å²) in [5, 5.41) is 3.23. The lowest BCUT2D eigenvalue weighted by atomic mass is 10.0. The second-order valence-corrected chi connectivity index (χ2v) is 4.60. The van der Waals surface area contributed by atoms with Crippen molar-refractivity contribution in [2.75, 3.05) is 13.7 Å². The molecule has 1 heterocycles. The molecule has 0 amide bonds. The molecule has 0 radical (unpaired) electrons. The minimum Gasteiger partial charge on any atom is -0.463 e. The van der Waals surface area contributed by atoms with Crippen molar-refractivity contribution in [1.82, 2.24) is 5.32 Å². The number of rotatable bonds is 6. The van der Waals surface area contributed by atoms with Crippen LogP contribution in [0.2, 0.25) is 0 Å². The van der Waals surface area contributed by atoms with Crippen molar-refractivity contribution in [1.29, 1.82) is 0 Å². The number of nitrogens with one attached hydrogen (secondary N) is 1. The Morgan fingerprint density at radius 2 is 2.10 bits per heavy atom. The number of likely N-dealkylation sites (N-methyl/N-ethyl adjacent to an activating group) is 1. The molecule has 0 fully saturated rings. The molecule has 1 atom stereocenters. The van der Waals surface area contributed by atoms with Gasteiger partial charge in [0.1, 0.15) is 11.6 Å². The summed E-state index contributed by atoms with van der Waals surface area (Å²) in [5.41, 5.74) is 0.597. The third kappa shape index (κ3) is 3.70. The summed E-state index contributed by atoms with van der Waals surface area (Å²) < 4.78 is 23.9. The number of esters is 1. The van der Waals surface area contributed by atoms with Crippen LogP contribution in [0.15, 0.2) is 40.8 Å². The van der Waals surface area contributed by atoms with Crippen LogP contribution in [-0.2, 0) is 11.2 Å². The predicted molar refractivity (Wildman–Crippen MR) is 76.6 cm³/mol. The molecular formula is C16H18FNO3.